The second-order valence-corrected chi connectivity index (χ2v) is 9.32. The number of nitrogens with one attached hydrogen (secondary N) is 1. The van der Waals surface area contributed by atoms with E-state index in [-0.39, 0.29) is 17.8 Å². The van der Waals surface area contributed by atoms with Crippen LogP contribution >= 0.6 is 15.9 Å². The fraction of sp³-hybridized carbons (Fsp3) is 0.458. The van der Waals surface area contributed by atoms with Crippen molar-refractivity contribution in [2.45, 2.75) is 46.2 Å². The van der Waals surface area contributed by atoms with Gasteiger partial charge in [0.2, 0.25) is 11.8 Å². The van der Waals surface area contributed by atoms with Crippen LogP contribution in [0.5, 0.6) is 5.88 Å². The summed E-state index contributed by atoms with van der Waals surface area (Å²) in [7, 11) is 0. The normalized spacial score (nSPS) is 15.1. The van der Waals surface area contributed by atoms with Gasteiger partial charge in [0.15, 0.2) is 5.82 Å². The van der Waals surface area contributed by atoms with Crippen molar-refractivity contribution in [2.24, 2.45) is 0 Å². The van der Waals surface area contributed by atoms with Crippen LogP contribution in [0.1, 0.15) is 38.4 Å². The molecule has 1 N–H and O–H groups in total. The molecule has 0 aliphatic carbocycles. The molecule has 0 atom stereocenters. The predicted molar refractivity (Wildman–Crippen MR) is 128 cm³/mol. The maximum atomic E-state index is 15.2. The number of aryl methyl sites for hydroxylation is 1. The molecule has 7 nitrogen and oxygen atoms in total. The molecule has 0 saturated carbocycles. The first-order chi connectivity index (χ1) is 15.8. The molecule has 1 amide bonds. The summed E-state index contributed by atoms with van der Waals surface area (Å²) in [5, 5.41) is 10.3. The molecule has 0 unspecified atom stereocenters. The van der Waals surface area contributed by atoms with Crippen molar-refractivity contribution in [3.8, 4) is 11.9 Å². The first-order valence-electron chi connectivity index (χ1n) is 11.2. The van der Waals surface area contributed by atoms with Crippen molar-refractivity contribution >= 4 is 43.6 Å². The highest BCUT2D eigenvalue weighted by Crippen LogP contribution is 2.37. The van der Waals surface area contributed by atoms with Gasteiger partial charge in [-0.1, -0.05) is 0 Å². The third-order valence-corrected chi connectivity index (χ3v) is 6.93. The summed E-state index contributed by atoms with van der Waals surface area (Å²) >= 11 is 3.33. The predicted octanol–water partition coefficient (Wildman–Crippen LogP) is 4.53. The SMILES string of the molecule is CCOc1nc2c(F)c(Br)c(CCC#N)cc2c2[nH]c(CN3CCN(C(C)C)CC3=O)cc12. The monoisotopic (exact) mass is 515 g/mol. The summed E-state index contributed by atoms with van der Waals surface area (Å²) in [5.74, 6) is -0.0242. The number of carbonyl (C=O) groups excluding carboxylic acids is 1. The molecule has 1 aromatic carbocycles. The number of nitriles is 1. The minimum absolute atomic E-state index is 0.0929. The average molecular weight is 516 g/mol. The van der Waals surface area contributed by atoms with E-state index in [9.17, 15) is 4.79 Å². The topological polar surface area (TPSA) is 85.2 Å². The second-order valence-electron chi connectivity index (χ2n) is 8.53. The number of piperazine rings is 1. The number of aromatic nitrogens is 2. The molecule has 174 valence electrons. The van der Waals surface area contributed by atoms with Crippen LogP contribution in [0.25, 0.3) is 21.8 Å². The van der Waals surface area contributed by atoms with Crippen LogP contribution < -0.4 is 4.74 Å². The molecule has 1 fully saturated rings. The van der Waals surface area contributed by atoms with Gasteiger partial charge in [0, 0.05) is 36.6 Å². The zero-order valence-electron chi connectivity index (χ0n) is 19.0. The van der Waals surface area contributed by atoms with Crippen LogP contribution in [-0.4, -0.2) is 58.0 Å². The third kappa shape index (κ3) is 4.55. The molecular formula is C24H27BrFN5O2. The number of fused-ring (bicyclic) bond motifs is 3. The minimum Gasteiger partial charge on any atom is -0.477 e. The summed E-state index contributed by atoms with van der Waals surface area (Å²) in [6.07, 6.45) is 0.721. The van der Waals surface area contributed by atoms with E-state index in [0.29, 0.717) is 60.0 Å². The van der Waals surface area contributed by atoms with Gasteiger partial charge in [-0.15, -0.1) is 0 Å². The smallest absolute Gasteiger partial charge is 0.237 e. The Morgan fingerprint density at radius 1 is 1.33 bits per heavy atom. The van der Waals surface area contributed by atoms with E-state index >= 15 is 4.39 Å². The van der Waals surface area contributed by atoms with Gasteiger partial charge in [0.05, 0.1) is 41.1 Å². The molecule has 9 heteroatoms. The van der Waals surface area contributed by atoms with Crippen LogP contribution in [0.2, 0.25) is 0 Å². The number of carbonyl (C=O) groups is 1. The first-order valence-corrected chi connectivity index (χ1v) is 12.0. The molecule has 1 aliphatic rings. The number of amides is 1. The number of nitrogens with zero attached hydrogens (tertiary/aromatic N) is 4. The number of pyridine rings is 1. The Balaban J connectivity index is 1.77. The number of halogens is 2. The van der Waals surface area contributed by atoms with Gasteiger partial charge in [-0.2, -0.15) is 5.26 Å². The number of aromatic amines is 1. The molecule has 0 bridgehead atoms. The van der Waals surface area contributed by atoms with Crippen molar-refractivity contribution in [3.05, 3.63) is 33.7 Å². The van der Waals surface area contributed by atoms with Crippen LogP contribution in [0.15, 0.2) is 16.6 Å². The van der Waals surface area contributed by atoms with Crippen LogP contribution in [0, 0.1) is 17.1 Å². The van der Waals surface area contributed by atoms with Crippen molar-refractivity contribution < 1.29 is 13.9 Å². The van der Waals surface area contributed by atoms with E-state index in [1.54, 1.807) is 0 Å². The maximum absolute atomic E-state index is 15.2. The molecule has 2 aromatic heterocycles. The Labute approximate surface area is 200 Å². The van der Waals surface area contributed by atoms with E-state index in [4.69, 9.17) is 10.00 Å². The Morgan fingerprint density at radius 2 is 2.12 bits per heavy atom. The number of rotatable bonds is 7. The van der Waals surface area contributed by atoms with Gasteiger partial charge < -0.3 is 14.6 Å². The molecular weight excluding hydrogens is 489 g/mol. The zero-order valence-corrected chi connectivity index (χ0v) is 20.6. The van der Waals surface area contributed by atoms with Gasteiger partial charge >= 0.3 is 0 Å². The number of hydrogen-bond donors (Lipinski definition) is 1. The Bertz CT molecular complexity index is 1250. The highest BCUT2D eigenvalue weighted by molar-refractivity contribution is 9.10. The van der Waals surface area contributed by atoms with E-state index in [1.165, 1.54) is 0 Å². The molecule has 3 aromatic rings. The van der Waals surface area contributed by atoms with Crippen molar-refractivity contribution in [1.29, 1.82) is 5.26 Å². The summed E-state index contributed by atoms with van der Waals surface area (Å²) in [6, 6.07) is 6.25. The molecule has 1 saturated heterocycles. The lowest BCUT2D eigenvalue weighted by molar-refractivity contribution is -0.137. The molecule has 3 heterocycles. The van der Waals surface area contributed by atoms with Gasteiger partial charge in [-0.05, 0) is 60.8 Å². The lowest BCUT2D eigenvalue weighted by atomic mass is 10.0. The Hall–Kier alpha value is -2.70. The lowest BCUT2D eigenvalue weighted by Gasteiger charge is -2.36. The molecule has 4 rings (SSSR count). The van der Waals surface area contributed by atoms with Crippen molar-refractivity contribution in [1.82, 2.24) is 19.8 Å². The summed E-state index contributed by atoms with van der Waals surface area (Å²) in [5.41, 5.74) is 2.48. The summed E-state index contributed by atoms with van der Waals surface area (Å²) < 4.78 is 21.3. The van der Waals surface area contributed by atoms with Gasteiger partial charge in [-0.3, -0.25) is 9.69 Å². The fourth-order valence-corrected chi connectivity index (χ4v) is 4.77. The van der Waals surface area contributed by atoms with Gasteiger partial charge in [-0.25, -0.2) is 9.37 Å². The summed E-state index contributed by atoms with van der Waals surface area (Å²) in [6.45, 7) is 8.78. The third-order valence-electron chi connectivity index (χ3n) is 6.07. The number of hydrogen-bond acceptors (Lipinski definition) is 5. The Kier molecular flexibility index (Phi) is 6.86. The van der Waals surface area contributed by atoms with Crippen LogP contribution in [0.4, 0.5) is 4.39 Å². The summed E-state index contributed by atoms with van der Waals surface area (Å²) in [4.78, 5) is 24.6. The minimum atomic E-state index is -0.473. The van der Waals surface area contributed by atoms with E-state index in [0.717, 1.165) is 23.1 Å². The Morgan fingerprint density at radius 3 is 2.79 bits per heavy atom. The van der Waals surface area contributed by atoms with Crippen molar-refractivity contribution in [3.63, 3.8) is 0 Å². The van der Waals surface area contributed by atoms with Crippen LogP contribution in [0.3, 0.4) is 0 Å². The first kappa shape index (κ1) is 23.5. The number of ether oxygens (including phenoxy) is 1. The van der Waals surface area contributed by atoms with Crippen molar-refractivity contribution in [2.75, 3.05) is 26.2 Å². The van der Waals surface area contributed by atoms with Gasteiger partial charge in [0.25, 0.3) is 0 Å². The second kappa shape index (κ2) is 9.65. The molecule has 0 spiro atoms. The number of H-pyrrole nitrogens is 1. The van der Waals surface area contributed by atoms with E-state index in [2.05, 4.69) is 50.7 Å². The zero-order chi connectivity index (χ0) is 23.7. The number of benzene rings is 1. The standard InChI is InChI=1S/C24H27BrFN5O2/c1-4-33-24-18-11-16(12-31-9-8-30(14(2)3)13-19(31)32)28-22(18)17-10-15(6-5-7-27)20(25)21(26)23(17)29-24/h10-11,14,28H,4-6,8-9,12-13H2,1-3H3. The van der Waals surface area contributed by atoms with E-state index in [1.807, 2.05) is 24.0 Å². The highest BCUT2D eigenvalue weighted by Gasteiger charge is 2.26. The molecule has 1 aliphatic heterocycles. The van der Waals surface area contributed by atoms with Gasteiger partial charge in [0.1, 0.15) is 5.52 Å². The average Bonchev–Trinajstić information content (AvgIpc) is 3.21. The maximum Gasteiger partial charge on any atom is 0.237 e. The van der Waals surface area contributed by atoms with E-state index < -0.39 is 5.82 Å². The largest absolute Gasteiger partial charge is 0.477 e. The lowest BCUT2D eigenvalue weighted by Crippen LogP contribution is -2.51. The molecule has 0 radical (unpaired) electrons. The quantitative estimate of drug-likeness (QED) is 0.499. The fourth-order valence-electron chi connectivity index (χ4n) is 4.27. The highest BCUT2D eigenvalue weighted by atomic mass is 79.9. The van der Waals surface area contributed by atoms with Crippen LogP contribution in [-0.2, 0) is 17.8 Å². The molecule has 33 heavy (non-hydrogen) atoms.